The molecule has 0 radical (unpaired) electrons. The Hall–Kier alpha value is -2.29. The van der Waals surface area contributed by atoms with E-state index in [1.54, 1.807) is 6.08 Å². The van der Waals surface area contributed by atoms with Crippen LogP contribution in [-0.2, 0) is 14.3 Å². The first-order valence-corrected chi connectivity index (χ1v) is 7.55. The Labute approximate surface area is 135 Å². The van der Waals surface area contributed by atoms with Crippen molar-refractivity contribution in [2.45, 2.75) is 31.5 Å². The minimum Gasteiger partial charge on any atom is -0.475 e. The van der Waals surface area contributed by atoms with Gasteiger partial charge in [0.1, 0.15) is 0 Å². The van der Waals surface area contributed by atoms with Crippen molar-refractivity contribution in [3.05, 3.63) is 47.2 Å². The van der Waals surface area contributed by atoms with Crippen LogP contribution in [0.25, 0.3) is 0 Å². The Balaban J connectivity index is 2.08. The van der Waals surface area contributed by atoms with Gasteiger partial charge in [-0.05, 0) is 36.6 Å². The van der Waals surface area contributed by atoms with Crippen LogP contribution in [0.3, 0.4) is 0 Å². The highest BCUT2D eigenvalue weighted by molar-refractivity contribution is 5.84. The standard InChI is InChI=1S/C18H20O5/c1-2-13-5-7-14(8-6-13)15-11-16(18(20)21)23-17(12-15)22-10-4-3-9-19/h1,5-8,11,15,17,19H,3-4,9-10,12H2,(H,20,21)/t15-,17+/m1/s1. The van der Waals surface area contributed by atoms with Crippen LogP contribution >= 0.6 is 0 Å². The summed E-state index contributed by atoms with van der Waals surface area (Å²) < 4.78 is 11.0. The monoisotopic (exact) mass is 316 g/mol. The lowest BCUT2D eigenvalue weighted by molar-refractivity contribution is -0.157. The first kappa shape index (κ1) is 17.1. The molecule has 0 fully saturated rings. The quantitative estimate of drug-likeness (QED) is 0.596. The van der Waals surface area contributed by atoms with E-state index in [4.69, 9.17) is 21.0 Å². The molecule has 5 nitrogen and oxygen atoms in total. The lowest BCUT2D eigenvalue weighted by Crippen LogP contribution is -2.27. The lowest BCUT2D eigenvalue weighted by Gasteiger charge is -2.28. The molecule has 0 saturated carbocycles. The molecular formula is C18H20O5. The Morgan fingerprint density at radius 2 is 2.09 bits per heavy atom. The highest BCUT2D eigenvalue weighted by Gasteiger charge is 2.28. The predicted molar refractivity (Wildman–Crippen MR) is 84.6 cm³/mol. The third kappa shape index (κ3) is 4.85. The second-order valence-corrected chi connectivity index (χ2v) is 5.29. The zero-order valence-corrected chi connectivity index (χ0v) is 12.8. The molecule has 1 heterocycles. The number of hydrogen-bond acceptors (Lipinski definition) is 4. The molecule has 0 aromatic heterocycles. The van der Waals surface area contributed by atoms with Gasteiger partial charge in [0.2, 0.25) is 12.0 Å². The normalized spacial score (nSPS) is 20.3. The van der Waals surface area contributed by atoms with Crippen molar-refractivity contribution in [2.75, 3.05) is 13.2 Å². The molecule has 1 aromatic rings. The van der Waals surface area contributed by atoms with E-state index >= 15 is 0 Å². The molecule has 1 aliphatic rings. The van der Waals surface area contributed by atoms with Crippen LogP contribution in [0.4, 0.5) is 0 Å². The number of aliphatic carboxylic acids is 1. The molecule has 0 aliphatic carbocycles. The fourth-order valence-corrected chi connectivity index (χ4v) is 2.40. The fourth-order valence-electron chi connectivity index (χ4n) is 2.40. The van der Waals surface area contributed by atoms with Crippen molar-refractivity contribution in [3.63, 3.8) is 0 Å². The second-order valence-electron chi connectivity index (χ2n) is 5.29. The average Bonchev–Trinajstić information content (AvgIpc) is 2.58. The van der Waals surface area contributed by atoms with E-state index in [1.807, 2.05) is 24.3 Å². The summed E-state index contributed by atoms with van der Waals surface area (Å²) in [5.74, 6) is 1.23. The van der Waals surface area contributed by atoms with E-state index in [9.17, 15) is 9.90 Å². The number of ether oxygens (including phenoxy) is 2. The summed E-state index contributed by atoms with van der Waals surface area (Å²) >= 11 is 0. The smallest absolute Gasteiger partial charge is 0.370 e. The topological polar surface area (TPSA) is 76.0 Å². The number of benzene rings is 1. The molecule has 5 heteroatoms. The van der Waals surface area contributed by atoms with Gasteiger partial charge in [-0.2, -0.15) is 0 Å². The molecule has 0 amide bonds. The van der Waals surface area contributed by atoms with Gasteiger partial charge in [0.25, 0.3) is 0 Å². The minimum absolute atomic E-state index is 0.102. The summed E-state index contributed by atoms with van der Waals surface area (Å²) in [6.45, 7) is 0.528. The zero-order chi connectivity index (χ0) is 16.7. The number of carboxylic acids is 1. The van der Waals surface area contributed by atoms with Crippen LogP contribution in [0.1, 0.15) is 36.3 Å². The average molecular weight is 316 g/mol. The number of terminal acetylenes is 1. The van der Waals surface area contributed by atoms with Crippen molar-refractivity contribution in [1.29, 1.82) is 0 Å². The van der Waals surface area contributed by atoms with Crippen molar-refractivity contribution in [2.24, 2.45) is 0 Å². The minimum atomic E-state index is -1.11. The lowest BCUT2D eigenvalue weighted by atomic mass is 9.92. The summed E-state index contributed by atoms with van der Waals surface area (Å²) in [6.07, 6.45) is 8.21. The van der Waals surface area contributed by atoms with Crippen LogP contribution < -0.4 is 0 Å². The van der Waals surface area contributed by atoms with Gasteiger partial charge in [-0.3, -0.25) is 0 Å². The zero-order valence-electron chi connectivity index (χ0n) is 12.8. The van der Waals surface area contributed by atoms with Gasteiger partial charge in [-0.1, -0.05) is 18.1 Å². The largest absolute Gasteiger partial charge is 0.475 e. The third-order valence-corrected chi connectivity index (χ3v) is 3.63. The first-order valence-electron chi connectivity index (χ1n) is 7.55. The van der Waals surface area contributed by atoms with Crippen LogP contribution in [0.15, 0.2) is 36.1 Å². The molecule has 2 atom stereocenters. The SMILES string of the molecule is C#Cc1ccc([C@@H]2C=C(C(=O)O)O[C@H](OCCCCO)C2)cc1. The predicted octanol–water partition coefficient (Wildman–Crippen LogP) is 2.26. The first-order chi connectivity index (χ1) is 11.1. The van der Waals surface area contributed by atoms with Crippen LogP contribution in [0.2, 0.25) is 0 Å². The van der Waals surface area contributed by atoms with Crippen LogP contribution in [0.5, 0.6) is 0 Å². The molecule has 2 N–H and O–H groups in total. The number of carbonyl (C=O) groups is 1. The van der Waals surface area contributed by atoms with Crippen molar-refractivity contribution < 1.29 is 24.5 Å². The van der Waals surface area contributed by atoms with Gasteiger partial charge in [0.15, 0.2) is 0 Å². The molecule has 2 rings (SSSR count). The van der Waals surface area contributed by atoms with E-state index in [2.05, 4.69) is 5.92 Å². The maximum Gasteiger partial charge on any atom is 0.370 e. The summed E-state index contributed by atoms with van der Waals surface area (Å²) in [7, 11) is 0. The maximum atomic E-state index is 11.2. The highest BCUT2D eigenvalue weighted by atomic mass is 16.7. The maximum absolute atomic E-state index is 11.2. The Morgan fingerprint density at radius 1 is 1.35 bits per heavy atom. The van der Waals surface area contributed by atoms with Gasteiger partial charge in [0, 0.05) is 24.5 Å². The van der Waals surface area contributed by atoms with Gasteiger partial charge in [-0.25, -0.2) is 4.79 Å². The highest BCUT2D eigenvalue weighted by Crippen LogP contribution is 2.31. The van der Waals surface area contributed by atoms with E-state index < -0.39 is 12.3 Å². The number of aliphatic hydroxyl groups excluding tert-OH is 1. The molecule has 1 aliphatic heterocycles. The number of carboxylic acid groups (broad SMARTS) is 1. The van der Waals surface area contributed by atoms with Crippen molar-refractivity contribution in [1.82, 2.24) is 0 Å². The van der Waals surface area contributed by atoms with E-state index in [0.717, 1.165) is 11.1 Å². The third-order valence-electron chi connectivity index (χ3n) is 3.63. The molecule has 0 spiro atoms. The molecule has 1 aromatic carbocycles. The Morgan fingerprint density at radius 3 is 2.70 bits per heavy atom. The molecule has 0 bridgehead atoms. The Kier molecular flexibility index (Phi) is 6.21. The Bertz CT molecular complexity index is 597. The summed E-state index contributed by atoms with van der Waals surface area (Å²) in [5, 5.41) is 18.0. The summed E-state index contributed by atoms with van der Waals surface area (Å²) in [4.78, 5) is 11.2. The second kappa shape index (κ2) is 8.37. The van der Waals surface area contributed by atoms with E-state index in [1.165, 1.54) is 0 Å². The number of unbranched alkanes of at least 4 members (excludes halogenated alkanes) is 1. The molecule has 0 saturated heterocycles. The van der Waals surface area contributed by atoms with E-state index in [-0.39, 0.29) is 18.3 Å². The summed E-state index contributed by atoms with van der Waals surface area (Å²) in [5.41, 5.74) is 1.75. The van der Waals surface area contributed by atoms with Gasteiger partial charge in [-0.15, -0.1) is 6.42 Å². The van der Waals surface area contributed by atoms with Crippen molar-refractivity contribution >= 4 is 5.97 Å². The van der Waals surface area contributed by atoms with Gasteiger partial charge < -0.3 is 19.7 Å². The van der Waals surface area contributed by atoms with Crippen molar-refractivity contribution in [3.8, 4) is 12.3 Å². The fraction of sp³-hybridized carbons (Fsp3) is 0.389. The summed E-state index contributed by atoms with van der Waals surface area (Å²) in [6, 6.07) is 7.44. The van der Waals surface area contributed by atoms with Gasteiger partial charge >= 0.3 is 5.97 Å². The molecule has 122 valence electrons. The van der Waals surface area contributed by atoms with Gasteiger partial charge in [0.05, 0.1) is 6.61 Å². The number of allylic oxidation sites excluding steroid dienone is 1. The number of hydrogen-bond donors (Lipinski definition) is 2. The molecule has 23 heavy (non-hydrogen) atoms. The number of rotatable bonds is 7. The number of aliphatic hydroxyl groups is 1. The van der Waals surface area contributed by atoms with Crippen LogP contribution in [-0.4, -0.2) is 35.7 Å². The molecule has 0 unspecified atom stereocenters. The van der Waals surface area contributed by atoms with Crippen LogP contribution in [0, 0.1) is 12.3 Å². The van der Waals surface area contributed by atoms with E-state index in [0.29, 0.717) is 25.9 Å². The molecular weight excluding hydrogens is 296 g/mol.